The quantitative estimate of drug-likeness (QED) is 0.246. The van der Waals surface area contributed by atoms with Crippen LogP contribution < -0.4 is 0 Å². The second-order valence-corrected chi connectivity index (χ2v) is 11.0. The van der Waals surface area contributed by atoms with Crippen LogP contribution in [0.3, 0.4) is 0 Å². The minimum atomic E-state index is -0.424. The molecule has 3 nitrogen and oxygen atoms in total. The molecule has 2 aliphatic heterocycles. The van der Waals surface area contributed by atoms with E-state index in [4.69, 9.17) is 37.4 Å². The molecule has 2 saturated heterocycles. The van der Waals surface area contributed by atoms with Crippen LogP contribution in [0.2, 0.25) is 0 Å². The first-order valence-corrected chi connectivity index (χ1v) is 14.7. The van der Waals surface area contributed by atoms with E-state index in [1.54, 1.807) is 0 Å². The van der Waals surface area contributed by atoms with Crippen molar-refractivity contribution >= 4 is 23.2 Å². The van der Waals surface area contributed by atoms with Crippen LogP contribution >= 0.6 is 23.2 Å². The van der Waals surface area contributed by atoms with Gasteiger partial charge in [0.15, 0.2) is 12.6 Å². The number of rotatable bonds is 12. The normalized spacial score (nSPS) is 26.1. The van der Waals surface area contributed by atoms with Gasteiger partial charge in [-0.2, -0.15) is 0 Å². The van der Waals surface area contributed by atoms with Crippen molar-refractivity contribution in [1.82, 2.24) is 0 Å². The number of ether oxygens (including phenoxy) is 3. The molecule has 6 atom stereocenters. The van der Waals surface area contributed by atoms with E-state index in [1.165, 1.54) is 24.3 Å². The van der Waals surface area contributed by atoms with E-state index >= 15 is 0 Å². The molecule has 0 amide bonds. The molecule has 204 valence electrons. The maximum atomic E-state index is 13.7. The highest BCUT2D eigenvalue weighted by atomic mass is 35.5. The van der Waals surface area contributed by atoms with Gasteiger partial charge >= 0.3 is 0 Å². The van der Waals surface area contributed by atoms with E-state index < -0.39 is 12.6 Å². The Morgan fingerprint density at radius 2 is 1.11 bits per heavy atom. The summed E-state index contributed by atoms with van der Waals surface area (Å²) in [6, 6.07) is 13.6. The maximum absolute atomic E-state index is 13.7. The van der Waals surface area contributed by atoms with Gasteiger partial charge in [0.05, 0.1) is 0 Å². The standard InChI is InChI=1S/C30H38Cl2F2O3/c31-17-1-5-25(21-9-13-23(33)14-10-21)27-7-3-19-35-29(27)37-30-28(8-4-20-36-30)26(6-2-18-32)22-11-15-24(34)16-12-22/h9-16,25-30H,1-8,17-20H2. The van der Waals surface area contributed by atoms with Crippen molar-refractivity contribution in [3.63, 3.8) is 0 Å². The molecular weight excluding hydrogens is 517 g/mol. The summed E-state index contributed by atoms with van der Waals surface area (Å²) in [4.78, 5) is 0. The van der Waals surface area contributed by atoms with Crippen LogP contribution in [-0.4, -0.2) is 37.6 Å². The molecule has 0 spiro atoms. The molecule has 2 aromatic rings. The maximum Gasteiger partial charge on any atom is 0.164 e. The second-order valence-electron chi connectivity index (χ2n) is 10.2. The molecule has 0 saturated carbocycles. The fraction of sp³-hybridized carbons (Fsp3) is 0.600. The Bertz CT molecular complexity index is 852. The van der Waals surface area contributed by atoms with Gasteiger partial charge in [-0.15, -0.1) is 23.2 Å². The molecule has 4 rings (SSSR count). The summed E-state index contributed by atoms with van der Waals surface area (Å²) in [5, 5.41) is 0. The van der Waals surface area contributed by atoms with E-state index in [0.717, 1.165) is 62.5 Å². The molecule has 0 aliphatic carbocycles. The fourth-order valence-corrected chi connectivity index (χ4v) is 6.33. The first-order chi connectivity index (χ1) is 18.1. The number of benzene rings is 2. The van der Waals surface area contributed by atoms with Gasteiger partial charge in [-0.05, 0) is 98.6 Å². The summed E-state index contributed by atoms with van der Waals surface area (Å²) in [5.41, 5.74) is 2.17. The van der Waals surface area contributed by atoms with Crippen LogP contribution in [-0.2, 0) is 14.2 Å². The lowest BCUT2D eigenvalue weighted by molar-refractivity contribution is -0.300. The summed E-state index contributed by atoms with van der Waals surface area (Å²) in [6.07, 6.45) is 6.45. The number of halogens is 4. The van der Waals surface area contributed by atoms with E-state index in [1.807, 2.05) is 24.3 Å². The zero-order chi connectivity index (χ0) is 26.0. The summed E-state index contributed by atoms with van der Waals surface area (Å²) in [7, 11) is 0. The number of alkyl halides is 2. The van der Waals surface area contributed by atoms with Gasteiger partial charge in [0.25, 0.3) is 0 Å². The van der Waals surface area contributed by atoms with Gasteiger partial charge in [-0.25, -0.2) is 8.78 Å². The average molecular weight is 556 g/mol. The van der Waals surface area contributed by atoms with Crippen molar-refractivity contribution in [2.24, 2.45) is 11.8 Å². The van der Waals surface area contributed by atoms with Crippen molar-refractivity contribution in [3.05, 3.63) is 71.3 Å². The molecular formula is C30H38Cl2F2O3. The Balaban J connectivity index is 1.56. The minimum absolute atomic E-state index is 0.112. The monoisotopic (exact) mass is 554 g/mol. The van der Waals surface area contributed by atoms with E-state index in [2.05, 4.69) is 0 Å². The van der Waals surface area contributed by atoms with Crippen molar-refractivity contribution in [3.8, 4) is 0 Å². The number of hydrogen-bond acceptors (Lipinski definition) is 3. The molecule has 0 N–H and O–H groups in total. The zero-order valence-corrected chi connectivity index (χ0v) is 22.8. The van der Waals surface area contributed by atoms with Crippen LogP contribution in [0.25, 0.3) is 0 Å². The Morgan fingerprint density at radius 1 is 0.703 bits per heavy atom. The molecule has 7 heteroatoms. The lowest BCUT2D eigenvalue weighted by atomic mass is 9.78. The van der Waals surface area contributed by atoms with Gasteiger partial charge in [-0.3, -0.25) is 0 Å². The van der Waals surface area contributed by atoms with Crippen LogP contribution in [0.15, 0.2) is 48.5 Å². The molecule has 6 unspecified atom stereocenters. The van der Waals surface area contributed by atoms with Crippen molar-refractivity contribution in [2.75, 3.05) is 25.0 Å². The molecule has 0 bridgehead atoms. The van der Waals surface area contributed by atoms with Crippen molar-refractivity contribution in [2.45, 2.75) is 75.8 Å². The van der Waals surface area contributed by atoms with Crippen LogP contribution in [0.4, 0.5) is 8.78 Å². The SMILES string of the molecule is Fc1ccc(C(CCCCl)C2CCCOC2OC2OCCCC2C(CCCCl)c2ccc(F)cc2)cc1. The number of hydrogen-bond donors (Lipinski definition) is 0. The smallest absolute Gasteiger partial charge is 0.164 e. The van der Waals surface area contributed by atoms with E-state index in [0.29, 0.717) is 25.0 Å². The molecule has 0 aromatic heterocycles. The van der Waals surface area contributed by atoms with Gasteiger partial charge in [0, 0.05) is 36.8 Å². The molecule has 2 heterocycles. The van der Waals surface area contributed by atoms with Gasteiger partial charge < -0.3 is 14.2 Å². The lowest BCUT2D eigenvalue weighted by Gasteiger charge is -2.43. The second kappa shape index (κ2) is 14.8. The first-order valence-electron chi connectivity index (χ1n) is 13.6. The molecule has 2 aliphatic rings. The Hall–Kier alpha value is -1.24. The third-order valence-electron chi connectivity index (χ3n) is 7.82. The predicted octanol–water partition coefficient (Wildman–Crippen LogP) is 8.39. The highest BCUT2D eigenvalue weighted by Gasteiger charge is 2.40. The minimum Gasteiger partial charge on any atom is -0.352 e. The molecule has 2 aromatic carbocycles. The third kappa shape index (κ3) is 7.89. The largest absolute Gasteiger partial charge is 0.352 e. The topological polar surface area (TPSA) is 27.7 Å². The summed E-state index contributed by atoms with van der Waals surface area (Å²) < 4.78 is 46.6. The van der Waals surface area contributed by atoms with Crippen LogP contribution in [0.1, 0.15) is 74.3 Å². The summed E-state index contributed by atoms with van der Waals surface area (Å²) in [6.45, 7) is 1.27. The molecule has 0 radical (unpaired) electrons. The molecule has 37 heavy (non-hydrogen) atoms. The van der Waals surface area contributed by atoms with Crippen LogP contribution in [0.5, 0.6) is 0 Å². The first kappa shape index (κ1) is 28.8. The third-order valence-corrected chi connectivity index (χ3v) is 8.36. The highest BCUT2D eigenvalue weighted by molar-refractivity contribution is 6.18. The summed E-state index contributed by atoms with van der Waals surface area (Å²) in [5.74, 6) is 1.19. The van der Waals surface area contributed by atoms with Crippen molar-refractivity contribution < 1.29 is 23.0 Å². The van der Waals surface area contributed by atoms with Gasteiger partial charge in [0.2, 0.25) is 0 Å². The van der Waals surface area contributed by atoms with E-state index in [-0.39, 0.29) is 35.3 Å². The van der Waals surface area contributed by atoms with Crippen molar-refractivity contribution in [1.29, 1.82) is 0 Å². The summed E-state index contributed by atoms with van der Waals surface area (Å²) >= 11 is 12.2. The predicted molar refractivity (Wildman–Crippen MR) is 144 cm³/mol. The molecule has 2 fully saturated rings. The van der Waals surface area contributed by atoms with Gasteiger partial charge in [0.1, 0.15) is 11.6 Å². The lowest BCUT2D eigenvalue weighted by Crippen LogP contribution is -2.44. The Morgan fingerprint density at radius 3 is 1.49 bits per heavy atom. The Kier molecular flexibility index (Phi) is 11.5. The van der Waals surface area contributed by atoms with E-state index in [9.17, 15) is 8.78 Å². The average Bonchev–Trinajstić information content (AvgIpc) is 2.92. The zero-order valence-electron chi connectivity index (χ0n) is 21.3. The Labute approximate surface area is 229 Å². The fourth-order valence-electron chi connectivity index (χ4n) is 6.02. The highest BCUT2D eigenvalue weighted by Crippen LogP contribution is 2.43. The van der Waals surface area contributed by atoms with Gasteiger partial charge in [-0.1, -0.05) is 24.3 Å². The van der Waals surface area contributed by atoms with Crippen LogP contribution in [0, 0.1) is 23.5 Å².